The topological polar surface area (TPSA) is 68.0 Å². The quantitative estimate of drug-likeness (QED) is 0.757. The number of carbonyl (C=O) groups excluding carboxylic acids is 1. The van der Waals surface area contributed by atoms with Gasteiger partial charge in [-0.1, -0.05) is 42.5 Å². The third-order valence-electron chi connectivity index (χ3n) is 4.24. The van der Waals surface area contributed by atoms with Crippen LogP contribution in [0.3, 0.4) is 0 Å². The summed E-state index contributed by atoms with van der Waals surface area (Å²) in [5.74, 6) is -0.162. The highest BCUT2D eigenvalue weighted by Gasteiger charge is 2.11. The van der Waals surface area contributed by atoms with Gasteiger partial charge in [0, 0.05) is 30.2 Å². The Balaban J connectivity index is 1.86. The van der Waals surface area contributed by atoms with Crippen LogP contribution in [0, 0.1) is 13.8 Å². The van der Waals surface area contributed by atoms with Gasteiger partial charge in [0.1, 0.15) is 0 Å². The molecule has 3 N–H and O–H groups in total. The zero-order chi connectivity index (χ0) is 17.8. The lowest BCUT2D eigenvalue weighted by Gasteiger charge is -2.12. The van der Waals surface area contributed by atoms with Gasteiger partial charge in [-0.05, 0) is 42.2 Å². The fourth-order valence-electron chi connectivity index (χ4n) is 2.75. The Bertz CT molecular complexity index is 881. The van der Waals surface area contributed by atoms with E-state index in [0.717, 1.165) is 33.5 Å². The summed E-state index contributed by atoms with van der Waals surface area (Å²) in [5, 5.41) is 3.00. The predicted octanol–water partition coefficient (Wildman–Crippen LogP) is 4.08. The molecule has 2 aromatic carbocycles. The van der Waals surface area contributed by atoms with Crippen LogP contribution in [0.1, 0.15) is 27.0 Å². The zero-order valence-electron chi connectivity index (χ0n) is 14.4. The summed E-state index contributed by atoms with van der Waals surface area (Å²) in [6.07, 6.45) is 3.34. The minimum absolute atomic E-state index is 0.162. The van der Waals surface area contributed by atoms with E-state index < -0.39 is 0 Å². The van der Waals surface area contributed by atoms with E-state index >= 15 is 0 Å². The molecule has 25 heavy (non-hydrogen) atoms. The van der Waals surface area contributed by atoms with Gasteiger partial charge in [-0.25, -0.2) is 0 Å². The summed E-state index contributed by atoms with van der Waals surface area (Å²) < 4.78 is 0. The van der Waals surface area contributed by atoms with Crippen LogP contribution in [-0.2, 0) is 6.54 Å². The number of aromatic nitrogens is 1. The number of anilines is 1. The molecule has 1 heterocycles. The number of rotatable bonds is 4. The van der Waals surface area contributed by atoms with E-state index in [0.29, 0.717) is 12.1 Å². The molecule has 0 bridgehead atoms. The standard InChI is InChI=1S/C21H21N3O/c1-14-4-3-5-15(2)20(14)24-21(25)19-10-18(12-23-13-19)17-8-6-16(11-22)7-9-17/h3-10,12-13H,11,22H2,1-2H3,(H,24,25). The minimum Gasteiger partial charge on any atom is -0.326 e. The smallest absolute Gasteiger partial charge is 0.257 e. The van der Waals surface area contributed by atoms with Gasteiger partial charge < -0.3 is 11.1 Å². The largest absolute Gasteiger partial charge is 0.326 e. The van der Waals surface area contributed by atoms with E-state index in [2.05, 4.69) is 10.3 Å². The number of nitrogens with one attached hydrogen (secondary N) is 1. The second kappa shape index (κ2) is 7.28. The fourth-order valence-corrected chi connectivity index (χ4v) is 2.75. The molecule has 0 aliphatic heterocycles. The van der Waals surface area contributed by atoms with Crippen molar-refractivity contribution in [2.24, 2.45) is 5.73 Å². The number of pyridine rings is 1. The number of para-hydroxylation sites is 1. The molecule has 1 aromatic heterocycles. The van der Waals surface area contributed by atoms with Crippen molar-refractivity contribution in [2.75, 3.05) is 5.32 Å². The summed E-state index contributed by atoms with van der Waals surface area (Å²) >= 11 is 0. The van der Waals surface area contributed by atoms with Crippen LogP contribution in [0.4, 0.5) is 5.69 Å². The van der Waals surface area contributed by atoms with Crippen molar-refractivity contribution in [2.45, 2.75) is 20.4 Å². The maximum Gasteiger partial charge on any atom is 0.257 e. The Labute approximate surface area is 147 Å². The lowest BCUT2D eigenvalue weighted by atomic mass is 10.0. The van der Waals surface area contributed by atoms with Crippen LogP contribution < -0.4 is 11.1 Å². The molecule has 0 aliphatic carbocycles. The molecule has 0 saturated heterocycles. The molecule has 1 amide bonds. The SMILES string of the molecule is Cc1cccc(C)c1NC(=O)c1cncc(-c2ccc(CN)cc2)c1. The number of nitrogens with two attached hydrogens (primary N) is 1. The zero-order valence-corrected chi connectivity index (χ0v) is 14.4. The third kappa shape index (κ3) is 3.75. The second-order valence-corrected chi connectivity index (χ2v) is 6.08. The number of nitrogens with zero attached hydrogens (tertiary/aromatic N) is 1. The lowest BCUT2D eigenvalue weighted by Crippen LogP contribution is -2.14. The van der Waals surface area contributed by atoms with Gasteiger partial charge in [-0.2, -0.15) is 0 Å². The van der Waals surface area contributed by atoms with E-state index in [9.17, 15) is 4.79 Å². The monoisotopic (exact) mass is 331 g/mol. The maximum atomic E-state index is 12.6. The number of benzene rings is 2. The Kier molecular flexibility index (Phi) is 4.91. The normalized spacial score (nSPS) is 10.5. The van der Waals surface area contributed by atoms with Gasteiger partial charge in [-0.3, -0.25) is 9.78 Å². The van der Waals surface area contributed by atoms with Crippen molar-refractivity contribution >= 4 is 11.6 Å². The Morgan fingerprint density at radius 1 is 1.00 bits per heavy atom. The number of hydrogen-bond acceptors (Lipinski definition) is 3. The van der Waals surface area contributed by atoms with Crippen LogP contribution in [0.5, 0.6) is 0 Å². The van der Waals surface area contributed by atoms with Crippen molar-refractivity contribution in [3.05, 3.63) is 83.2 Å². The summed E-state index contributed by atoms with van der Waals surface area (Å²) in [5.41, 5.74) is 12.1. The molecule has 0 saturated carbocycles. The van der Waals surface area contributed by atoms with Crippen molar-refractivity contribution < 1.29 is 4.79 Å². The van der Waals surface area contributed by atoms with Crippen LogP contribution >= 0.6 is 0 Å². The van der Waals surface area contributed by atoms with E-state index in [1.807, 2.05) is 62.4 Å². The predicted molar refractivity (Wildman–Crippen MR) is 101 cm³/mol. The lowest BCUT2D eigenvalue weighted by molar-refractivity contribution is 0.102. The average Bonchev–Trinajstić information content (AvgIpc) is 2.65. The molecule has 0 fully saturated rings. The first-order valence-electron chi connectivity index (χ1n) is 8.20. The summed E-state index contributed by atoms with van der Waals surface area (Å²) in [6, 6.07) is 15.8. The molecule has 0 atom stereocenters. The first kappa shape index (κ1) is 16.9. The molecular weight excluding hydrogens is 310 g/mol. The highest BCUT2D eigenvalue weighted by Crippen LogP contribution is 2.23. The van der Waals surface area contributed by atoms with E-state index in [4.69, 9.17) is 5.73 Å². The summed E-state index contributed by atoms with van der Waals surface area (Å²) in [7, 11) is 0. The molecule has 0 radical (unpaired) electrons. The van der Waals surface area contributed by atoms with Crippen LogP contribution in [-0.4, -0.2) is 10.9 Å². The highest BCUT2D eigenvalue weighted by atomic mass is 16.1. The highest BCUT2D eigenvalue weighted by molar-refractivity contribution is 6.05. The maximum absolute atomic E-state index is 12.6. The second-order valence-electron chi connectivity index (χ2n) is 6.08. The third-order valence-corrected chi connectivity index (χ3v) is 4.24. The minimum atomic E-state index is -0.162. The first-order valence-corrected chi connectivity index (χ1v) is 8.20. The van der Waals surface area contributed by atoms with Crippen molar-refractivity contribution in [3.63, 3.8) is 0 Å². The van der Waals surface area contributed by atoms with E-state index in [-0.39, 0.29) is 5.91 Å². The van der Waals surface area contributed by atoms with Gasteiger partial charge in [0.2, 0.25) is 0 Å². The van der Waals surface area contributed by atoms with Crippen LogP contribution in [0.2, 0.25) is 0 Å². The van der Waals surface area contributed by atoms with Crippen molar-refractivity contribution in [3.8, 4) is 11.1 Å². The van der Waals surface area contributed by atoms with Crippen LogP contribution in [0.25, 0.3) is 11.1 Å². The molecule has 4 heteroatoms. The van der Waals surface area contributed by atoms with E-state index in [1.165, 1.54) is 0 Å². The molecular formula is C21H21N3O. The van der Waals surface area contributed by atoms with Gasteiger partial charge in [0.15, 0.2) is 0 Å². The first-order chi connectivity index (χ1) is 12.1. The number of amides is 1. The van der Waals surface area contributed by atoms with E-state index in [1.54, 1.807) is 12.4 Å². The fraction of sp³-hybridized carbons (Fsp3) is 0.143. The van der Waals surface area contributed by atoms with Crippen molar-refractivity contribution in [1.29, 1.82) is 0 Å². The molecule has 0 aliphatic rings. The number of carbonyl (C=O) groups is 1. The Morgan fingerprint density at radius 2 is 1.68 bits per heavy atom. The molecule has 0 spiro atoms. The number of hydrogen-bond donors (Lipinski definition) is 2. The van der Waals surface area contributed by atoms with Crippen LogP contribution in [0.15, 0.2) is 60.9 Å². The Hall–Kier alpha value is -2.98. The molecule has 126 valence electrons. The number of aryl methyl sites for hydroxylation is 2. The molecule has 4 nitrogen and oxygen atoms in total. The molecule has 3 rings (SSSR count). The molecule has 3 aromatic rings. The summed E-state index contributed by atoms with van der Waals surface area (Å²) in [4.78, 5) is 16.9. The van der Waals surface area contributed by atoms with Gasteiger partial charge in [0.05, 0.1) is 5.56 Å². The van der Waals surface area contributed by atoms with Gasteiger partial charge in [0.25, 0.3) is 5.91 Å². The van der Waals surface area contributed by atoms with Gasteiger partial charge >= 0.3 is 0 Å². The van der Waals surface area contributed by atoms with Gasteiger partial charge in [-0.15, -0.1) is 0 Å². The van der Waals surface area contributed by atoms with Crippen molar-refractivity contribution in [1.82, 2.24) is 4.98 Å². The Morgan fingerprint density at radius 3 is 2.32 bits per heavy atom. The molecule has 0 unspecified atom stereocenters. The average molecular weight is 331 g/mol. The summed E-state index contributed by atoms with van der Waals surface area (Å²) in [6.45, 7) is 4.48.